The van der Waals surface area contributed by atoms with Gasteiger partial charge in [-0.15, -0.1) is 0 Å². The fraction of sp³-hybridized carbons (Fsp3) is 0.238. The molecule has 1 aliphatic rings. The molecule has 3 rings (SSSR count). The quantitative estimate of drug-likeness (QED) is 0.627. The van der Waals surface area contributed by atoms with Gasteiger partial charge in [0.05, 0.1) is 16.7 Å². The summed E-state index contributed by atoms with van der Waals surface area (Å²) in [4.78, 5) is 24.0. The number of allylic oxidation sites excluding steroid dienone is 2. The normalized spacial score (nSPS) is 18.8. The SMILES string of the molecule is Cc1ccc(S(=O)(=O)Nc2ccc(NC(=O)C3CC=CCC3C(=O)O)cc2)cc1. The van der Waals surface area contributed by atoms with Crippen LogP contribution in [0.15, 0.2) is 65.6 Å². The molecular formula is C21H22N2O5S. The number of rotatable bonds is 6. The number of carboxylic acids is 1. The molecule has 0 saturated heterocycles. The third-order valence-electron chi connectivity index (χ3n) is 4.82. The van der Waals surface area contributed by atoms with Gasteiger partial charge in [-0.2, -0.15) is 0 Å². The number of aliphatic carboxylic acids is 1. The zero-order chi connectivity index (χ0) is 21.0. The number of sulfonamides is 1. The molecule has 29 heavy (non-hydrogen) atoms. The van der Waals surface area contributed by atoms with Crippen molar-refractivity contribution in [1.82, 2.24) is 0 Å². The van der Waals surface area contributed by atoms with Crippen molar-refractivity contribution in [2.45, 2.75) is 24.7 Å². The van der Waals surface area contributed by atoms with Crippen LogP contribution in [0, 0.1) is 18.8 Å². The van der Waals surface area contributed by atoms with Crippen LogP contribution in [0.5, 0.6) is 0 Å². The molecule has 0 aromatic heterocycles. The number of carbonyl (C=O) groups is 2. The van der Waals surface area contributed by atoms with Gasteiger partial charge in [0.25, 0.3) is 10.0 Å². The number of hydrogen-bond donors (Lipinski definition) is 3. The molecule has 0 spiro atoms. The van der Waals surface area contributed by atoms with Crippen molar-refractivity contribution in [3.63, 3.8) is 0 Å². The molecule has 2 unspecified atom stereocenters. The van der Waals surface area contributed by atoms with Crippen LogP contribution in [0.1, 0.15) is 18.4 Å². The van der Waals surface area contributed by atoms with E-state index < -0.39 is 27.8 Å². The molecule has 2 atom stereocenters. The molecule has 0 fully saturated rings. The minimum Gasteiger partial charge on any atom is -0.481 e. The molecule has 8 heteroatoms. The van der Waals surface area contributed by atoms with Crippen LogP contribution in [0.4, 0.5) is 11.4 Å². The third-order valence-corrected chi connectivity index (χ3v) is 6.22. The predicted octanol–water partition coefficient (Wildman–Crippen LogP) is 3.40. The van der Waals surface area contributed by atoms with Crippen LogP contribution in [0.2, 0.25) is 0 Å². The molecule has 2 aromatic carbocycles. The number of carboxylic acid groups (broad SMARTS) is 1. The van der Waals surface area contributed by atoms with Crippen LogP contribution < -0.4 is 10.0 Å². The van der Waals surface area contributed by atoms with Crippen molar-refractivity contribution in [1.29, 1.82) is 0 Å². The zero-order valence-corrected chi connectivity index (χ0v) is 16.6. The Labute approximate surface area is 169 Å². The molecule has 1 aliphatic carbocycles. The summed E-state index contributed by atoms with van der Waals surface area (Å²) in [5.41, 5.74) is 1.78. The first-order valence-corrected chi connectivity index (χ1v) is 10.6. The monoisotopic (exact) mass is 414 g/mol. The number of anilines is 2. The standard InChI is InChI=1S/C21H22N2O5S/c1-14-6-12-17(13-7-14)29(27,28)23-16-10-8-15(9-11-16)22-20(24)18-4-2-3-5-19(18)21(25)26/h2-3,6-13,18-19,23H,4-5H2,1H3,(H,22,24)(H,25,26). The van der Waals surface area contributed by atoms with Gasteiger partial charge >= 0.3 is 5.97 Å². The summed E-state index contributed by atoms with van der Waals surface area (Å²) in [6.45, 7) is 1.87. The fourth-order valence-electron chi connectivity index (χ4n) is 3.16. The highest BCUT2D eigenvalue weighted by Crippen LogP contribution is 2.27. The van der Waals surface area contributed by atoms with E-state index in [1.807, 2.05) is 13.0 Å². The summed E-state index contributed by atoms with van der Waals surface area (Å²) in [6.07, 6.45) is 4.29. The first-order chi connectivity index (χ1) is 13.8. The summed E-state index contributed by atoms with van der Waals surface area (Å²) in [7, 11) is -3.71. The molecule has 0 aliphatic heterocycles. The van der Waals surface area contributed by atoms with Gasteiger partial charge in [-0.1, -0.05) is 29.8 Å². The largest absolute Gasteiger partial charge is 0.481 e. The van der Waals surface area contributed by atoms with E-state index in [4.69, 9.17) is 0 Å². The lowest BCUT2D eigenvalue weighted by molar-refractivity contribution is -0.146. The van der Waals surface area contributed by atoms with Crippen LogP contribution in [0.25, 0.3) is 0 Å². The molecule has 0 radical (unpaired) electrons. The van der Waals surface area contributed by atoms with E-state index in [0.717, 1.165) is 5.56 Å². The molecule has 152 valence electrons. The number of aryl methyl sites for hydroxylation is 1. The highest BCUT2D eigenvalue weighted by molar-refractivity contribution is 7.92. The smallest absolute Gasteiger partial charge is 0.307 e. The van der Waals surface area contributed by atoms with Crippen molar-refractivity contribution in [2.24, 2.45) is 11.8 Å². The van der Waals surface area contributed by atoms with E-state index in [9.17, 15) is 23.1 Å². The summed E-state index contributed by atoms with van der Waals surface area (Å²) < 4.78 is 27.4. The number of hydrogen-bond acceptors (Lipinski definition) is 4. The first kappa shape index (κ1) is 20.6. The van der Waals surface area contributed by atoms with Gasteiger partial charge in [-0.25, -0.2) is 8.42 Å². The summed E-state index contributed by atoms with van der Waals surface area (Å²) >= 11 is 0. The van der Waals surface area contributed by atoms with Crippen LogP contribution in [-0.2, 0) is 19.6 Å². The first-order valence-electron chi connectivity index (χ1n) is 9.14. The van der Waals surface area contributed by atoms with Crippen molar-refractivity contribution in [3.8, 4) is 0 Å². The number of amides is 1. The van der Waals surface area contributed by atoms with Crippen LogP contribution in [-0.4, -0.2) is 25.4 Å². The number of carbonyl (C=O) groups excluding carboxylic acids is 1. The van der Waals surface area contributed by atoms with E-state index >= 15 is 0 Å². The second kappa shape index (κ2) is 8.48. The van der Waals surface area contributed by atoms with Crippen LogP contribution in [0.3, 0.4) is 0 Å². The van der Waals surface area contributed by atoms with Gasteiger partial charge in [0.1, 0.15) is 0 Å². The maximum atomic E-state index is 12.5. The molecular weight excluding hydrogens is 392 g/mol. The Morgan fingerprint density at radius 1 is 0.897 bits per heavy atom. The lowest BCUT2D eigenvalue weighted by atomic mass is 9.82. The second-order valence-electron chi connectivity index (χ2n) is 6.98. The minimum absolute atomic E-state index is 0.158. The van der Waals surface area contributed by atoms with E-state index in [2.05, 4.69) is 10.0 Å². The Kier molecular flexibility index (Phi) is 6.03. The topological polar surface area (TPSA) is 113 Å². The highest BCUT2D eigenvalue weighted by atomic mass is 32.2. The average molecular weight is 414 g/mol. The number of nitrogens with one attached hydrogen (secondary N) is 2. The Balaban J connectivity index is 1.67. The molecule has 2 aromatic rings. The van der Waals surface area contributed by atoms with Crippen molar-refractivity contribution in [2.75, 3.05) is 10.0 Å². The second-order valence-corrected chi connectivity index (χ2v) is 8.66. The lowest BCUT2D eigenvalue weighted by Crippen LogP contribution is -2.34. The van der Waals surface area contributed by atoms with Gasteiger partial charge in [0.2, 0.25) is 5.91 Å². The predicted molar refractivity (Wildman–Crippen MR) is 110 cm³/mol. The molecule has 3 N–H and O–H groups in total. The summed E-state index contributed by atoms with van der Waals surface area (Å²) in [6, 6.07) is 12.7. The van der Waals surface area contributed by atoms with Crippen molar-refractivity contribution < 1.29 is 23.1 Å². The zero-order valence-electron chi connectivity index (χ0n) is 15.8. The fourth-order valence-corrected chi connectivity index (χ4v) is 4.22. The Hall–Kier alpha value is -3.13. The maximum Gasteiger partial charge on any atom is 0.307 e. The van der Waals surface area contributed by atoms with E-state index in [0.29, 0.717) is 24.2 Å². The number of benzene rings is 2. The van der Waals surface area contributed by atoms with Crippen LogP contribution >= 0.6 is 0 Å². The molecule has 1 amide bonds. The lowest BCUT2D eigenvalue weighted by Gasteiger charge is -2.24. The molecule has 0 saturated carbocycles. The van der Waals surface area contributed by atoms with Crippen molar-refractivity contribution in [3.05, 3.63) is 66.2 Å². The maximum absolute atomic E-state index is 12.5. The van der Waals surface area contributed by atoms with E-state index in [1.165, 1.54) is 24.3 Å². The summed E-state index contributed by atoms with van der Waals surface area (Å²) in [5, 5.41) is 12.0. The molecule has 0 bridgehead atoms. The highest BCUT2D eigenvalue weighted by Gasteiger charge is 2.33. The Morgan fingerprint density at radius 3 is 2.03 bits per heavy atom. The van der Waals surface area contributed by atoms with Gasteiger partial charge in [-0.05, 0) is 56.2 Å². The van der Waals surface area contributed by atoms with E-state index in [-0.39, 0.29) is 10.8 Å². The summed E-state index contributed by atoms with van der Waals surface area (Å²) in [5.74, 6) is -2.75. The Morgan fingerprint density at radius 2 is 1.45 bits per heavy atom. The molecule has 0 heterocycles. The van der Waals surface area contributed by atoms with Gasteiger partial charge in [0, 0.05) is 11.4 Å². The van der Waals surface area contributed by atoms with E-state index in [1.54, 1.807) is 30.3 Å². The molecule has 7 nitrogen and oxygen atoms in total. The minimum atomic E-state index is -3.71. The average Bonchev–Trinajstić information content (AvgIpc) is 2.69. The van der Waals surface area contributed by atoms with Gasteiger partial charge in [0.15, 0.2) is 0 Å². The third kappa shape index (κ3) is 5.03. The van der Waals surface area contributed by atoms with Crippen molar-refractivity contribution >= 4 is 33.3 Å². The Bertz CT molecular complexity index is 1030. The van der Waals surface area contributed by atoms with Gasteiger partial charge in [-0.3, -0.25) is 14.3 Å². The van der Waals surface area contributed by atoms with Gasteiger partial charge < -0.3 is 10.4 Å².